The maximum atomic E-state index is 8.57. The predicted molar refractivity (Wildman–Crippen MR) is 58.9 cm³/mol. The Bertz CT molecular complexity index is 297. The molecular formula is C13H17N. The average molecular weight is 187 g/mol. The summed E-state index contributed by atoms with van der Waals surface area (Å²) in [4.78, 5) is 0. The fourth-order valence-corrected chi connectivity index (χ4v) is 1.76. The van der Waals surface area contributed by atoms with Crippen molar-refractivity contribution >= 4 is 0 Å². The summed E-state index contributed by atoms with van der Waals surface area (Å²) in [6.07, 6.45) is 1.76. The van der Waals surface area contributed by atoms with Gasteiger partial charge in [0.2, 0.25) is 0 Å². The average Bonchev–Trinajstić information content (AvgIpc) is 2.19. The molecule has 1 rings (SSSR count). The van der Waals surface area contributed by atoms with Crippen molar-refractivity contribution in [2.45, 2.75) is 32.6 Å². The van der Waals surface area contributed by atoms with Crippen molar-refractivity contribution < 1.29 is 0 Å². The lowest BCUT2D eigenvalue weighted by Gasteiger charge is -2.15. The van der Waals surface area contributed by atoms with Crippen LogP contribution in [0.2, 0.25) is 0 Å². The zero-order valence-electron chi connectivity index (χ0n) is 8.90. The molecule has 1 nitrogen and oxygen atoms in total. The summed E-state index contributed by atoms with van der Waals surface area (Å²) in [5.41, 5.74) is 1.37. The zero-order valence-corrected chi connectivity index (χ0v) is 8.90. The third-order valence-electron chi connectivity index (χ3n) is 2.56. The number of hydrogen-bond acceptors (Lipinski definition) is 1. The van der Waals surface area contributed by atoms with Gasteiger partial charge in [0.05, 0.1) is 6.07 Å². The molecule has 0 aliphatic rings. The fourth-order valence-electron chi connectivity index (χ4n) is 1.76. The molecule has 0 amide bonds. The first-order valence-electron chi connectivity index (χ1n) is 5.16. The summed E-state index contributed by atoms with van der Waals surface area (Å²) in [5, 5.41) is 8.57. The number of hydrogen-bond donors (Lipinski definition) is 0. The first-order valence-corrected chi connectivity index (χ1v) is 5.16. The quantitative estimate of drug-likeness (QED) is 0.704. The molecule has 0 spiro atoms. The van der Waals surface area contributed by atoms with Gasteiger partial charge in [-0.3, -0.25) is 0 Å². The third-order valence-corrected chi connectivity index (χ3v) is 2.56. The molecule has 0 saturated carbocycles. The molecule has 2 atom stereocenters. The molecule has 0 N–H and O–H groups in total. The van der Waals surface area contributed by atoms with Crippen molar-refractivity contribution in [3.8, 4) is 6.07 Å². The van der Waals surface area contributed by atoms with E-state index in [9.17, 15) is 0 Å². The molecule has 0 aliphatic heterocycles. The van der Waals surface area contributed by atoms with Crippen molar-refractivity contribution in [2.75, 3.05) is 0 Å². The van der Waals surface area contributed by atoms with E-state index in [1.807, 2.05) is 6.07 Å². The van der Waals surface area contributed by atoms with Crippen molar-refractivity contribution in [3.05, 3.63) is 35.9 Å². The van der Waals surface area contributed by atoms with Crippen molar-refractivity contribution in [3.63, 3.8) is 0 Å². The normalized spacial score (nSPS) is 14.4. The first kappa shape index (κ1) is 10.8. The van der Waals surface area contributed by atoms with E-state index < -0.39 is 0 Å². The van der Waals surface area contributed by atoms with E-state index in [4.69, 9.17) is 5.26 Å². The largest absolute Gasteiger partial charge is 0.198 e. The van der Waals surface area contributed by atoms with Gasteiger partial charge in [-0.1, -0.05) is 44.2 Å². The SMILES string of the molecule is CC(CC#N)CC(C)c1ccccc1. The van der Waals surface area contributed by atoms with Crippen LogP contribution < -0.4 is 0 Å². The third kappa shape index (κ3) is 3.22. The summed E-state index contributed by atoms with van der Waals surface area (Å²) in [7, 11) is 0. The molecule has 0 bridgehead atoms. The minimum atomic E-state index is 0.496. The topological polar surface area (TPSA) is 23.8 Å². The van der Waals surface area contributed by atoms with Crippen molar-refractivity contribution in [1.82, 2.24) is 0 Å². The van der Waals surface area contributed by atoms with Crippen LogP contribution in [0.1, 0.15) is 38.2 Å². The van der Waals surface area contributed by atoms with Crippen LogP contribution in [0.5, 0.6) is 0 Å². The van der Waals surface area contributed by atoms with Gasteiger partial charge in [-0.15, -0.1) is 0 Å². The minimum absolute atomic E-state index is 0.496. The van der Waals surface area contributed by atoms with Gasteiger partial charge in [-0.2, -0.15) is 5.26 Å². The number of benzene rings is 1. The van der Waals surface area contributed by atoms with Gasteiger partial charge < -0.3 is 0 Å². The molecule has 1 aromatic carbocycles. The van der Waals surface area contributed by atoms with E-state index in [-0.39, 0.29) is 0 Å². The van der Waals surface area contributed by atoms with Gasteiger partial charge in [-0.25, -0.2) is 0 Å². The van der Waals surface area contributed by atoms with Gasteiger partial charge in [0.15, 0.2) is 0 Å². The lowest BCUT2D eigenvalue weighted by atomic mass is 9.90. The van der Waals surface area contributed by atoms with E-state index >= 15 is 0 Å². The highest BCUT2D eigenvalue weighted by Gasteiger charge is 2.09. The van der Waals surface area contributed by atoms with Crippen molar-refractivity contribution in [1.29, 1.82) is 5.26 Å². The molecular weight excluding hydrogens is 170 g/mol. The molecule has 0 heterocycles. The zero-order chi connectivity index (χ0) is 10.4. The standard InChI is InChI=1S/C13H17N/c1-11(8-9-14)10-12(2)13-6-4-3-5-7-13/h3-7,11-12H,8,10H2,1-2H3. The molecule has 0 aromatic heterocycles. The lowest BCUT2D eigenvalue weighted by Crippen LogP contribution is -2.01. The Morgan fingerprint density at radius 1 is 1.21 bits per heavy atom. The van der Waals surface area contributed by atoms with Gasteiger partial charge in [0, 0.05) is 6.42 Å². The molecule has 2 unspecified atom stereocenters. The van der Waals surface area contributed by atoms with E-state index in [2.05, 4.69) is 44.2 Å². The van der Waals surface area contributed by atoms with Gasteiger partial charge in [-0.05, 0) is 23.8 Å². The smallest absolute Gasteiger partial charge is 0.0624 e. The Kier molecular flexibility index (Phi) is 4.19. The Balaban J connectivity index is 2.51. The van der Waals surface area contributed by atoms with Crippen LogP contribution in [-0.4, -0.2) is 0 Å². The summed E-state index contributed by atoms with van der Waals surface area (Å²) in [6.45, 7) is 4.37. The van der Waals surface area contributed by atoms with Crippen LogP contribution in [-0.2, 0) is 0 Å². The summed E-state index contributed by atoms with van der Waals surface area (Å²) >= 11 is 0. The van der Waals surface area contributed by atoms with Crippen LogP contribution in [0.25, 0.3) is 0 Å². The second-order valence-corrected chi connectivity index (χ2v) is 4.01. The summed E-state index contributed by atoms with van der Waals surface area (Å²) in [5.74, 6) is 1.05. The Labute approximate surface area is 86.4 Å². The second-order valence-electron chi connectivity index (χ2n) is 4.01. The van der Waals surface area contributed by atoms with E-state index in [1.165, 1.54) is 5.56 Å². The molecule has 0 saturated heterocycles. The highest BCUT2D eigenvalue weighted by molar-refractivity contribution is 5.18. The molecule has 0 aliphatic carbocycles. The fraction of sp³-hybridized carbons (Fsp3) is 0.462. The van der Waals surface area contributed by atoms with E-state index in [0.717, 1.165) is 6.42 Å². The lowest BCUT2D eigenvalue weighted by molar-refractivity contribution is 0.493. The summed E-state index contributed by atoms with van der Waals surface area (Å²) < 4.78 is 0. The molecule has 0 fully saturated rings. The molecule has 74 valence electrons. The Morgan fingerprint density at radius 3 is 2.43 bits per heavy atom. The van der Waals surface area contributed by atoms with Gasteiger partial charge in [0.1, 0.15) is 0 Å². The maximum Gasteiger partial charge on any atom is 0.0624 e. The van der Waals surface area contributed by atoms with Crippen LogP contribution >= 0.6 is 0 Å². The Morgan fingerprint density at radius 2 is 1.86 bits per heavy atom. The second kappa shape index (κ2) is 5.44. The predicted octanol–water partition coefficient (Wildman–Crippen LogP) is 3.73. The first-order chi connectivity index (χ1) is 6.74. The van der Waals surface area contributed by atoms with Crippen LogP contribution in [0.15, 0.2) is 30.3 Å². The van der Waals surface area contributed by atoms with E-state index in [1.54, 1.807) is 0 Å². The van der Waals surface area contributed by atoms with Crippen LogP contribution in [0.4, 0.5) is 0 Å². The minimum Gasteiger partial charge on any atom is -0.198 e. The van der Waals surface area contributed by atoms with Gasteiger partial charge in [0.25, 0.3) is 0 Å². The van der Waals surface area contributed by atoms with E-state index in [0.29, 0.717) is 18.3 Å². The maximum absolute atomic E-state index is 8.57. The van der Waals surface area contributed by atoms with Crippen LogP contribution in [0.3, 0.4) is 0 Å². The molecule has 1 heteroatoms. The highest BCUT2D eigenvalue weighted by Crippen LogP contribution is 2.24. The summed E-state index contributed by atoms with van der Waals surface area (Å²) in [6, 6.07) is 12.7. The molecule has 0 radical (unpaired) electrons. The molecule has 14 heavy (non-hydrogen) atoms. The number of nitrogens with zero attached hydrogens (tertiary/aromatic N) is 1. The van der Waals surface area contributed by atoms with Gasteiger partial charge >= 0.3 is 0 Å². The molecule has 1 aromatic rings. The highest BCUT2D eigenvalue weighted by atomic mass is 14.2. The van der Waals surface area contributed by atoms with Crippen LogP contribution in [0, 0.1) is 17.2 Å². The monoisotopic (exact) mass is 187 g/mol. The number of rotatable bonds is 4. The number of nitriles is 1. The van der Waals surface area contributed by atoms with Crippen molar-refractivity contribution in [2.24, 2.45) is 5.92 Å². The Hall–Kier alpha value is -1.29.